The van der Waals surface area contributed by atoms with Gasteiger partial charge < -0.3 is 11.5 Å². The summed E-state index contributed by atoms with van der Waals surface area (Å²) in [6, 6.07) is 8.94. The van der Waals surface area contributed by atoms with Crippen molar-refractivity contribution >= 4 is 40.7 Å². The molecule has 2 nitrogen and oxygen atoms in total. The molecule has 5 heteroatoms. The molecule has 0 saturated heterocycles. The van der Waals surface area contributed by atoms with E-state index in [2.05, 4.69) is 48.0 Å². The molecule has 0 saturated carbocycles. The number of benzene rings is 1. The highest BCUT2D eigenvalue weighted by Gasteiger charge is 2.16. The number of rotatable bonds is 6. The van der Waals surface area contributed by atoms with Gasteiger partial charge in [-0.3, -0.25) is 0 Å². The zero-order valence-electron chi connectivity index (χ0n) is 11.5. The molecule has 1 aromatic rings. The van der Waals surface area contributed by atoms with Crippen molar-refractivity contribution in [2.24, 2.45) is 11.5 Å². The van der Waals surface area contributed by atoms with Crippen LogP contribution in [0.2, 0.25) is 0 Å². The zero-order chi connectivity index (χ0) is 12.8. The second-order valence-electron chi connectivity index (χ2n) is 4.87. The van der Waals surface area contributed by atoms with Crippen LogP contribution in [0.3, 0.4) is 0 Å². The first-order valence-electron chi connectivity index (χ1n) is 6.29. The summed E-state index contributed by atoms with van der Waals surface area (Å²) >= 11 is 3.52. The fourth-order valence-corrected chi connectivity index (χ4v) is 2.53. The van der Waals surface area contributed by atoms with E-state index in [0.29, 0.717) is 5.92 Å². The van der Waals surface area contributed by atoms with E-state index in [4.69, 9.17) is 11.5 Å². The van der Waals surface area contributed by atoms with Gasteiger partial charge in [0.2, 0.25) is 0 Å². The standard InChI is InChI=1S/C14H23BrN2.2ClH/c1-3-14(17)9-12(7-10(2)16)11-5-4-6-13(15)8-11;;/h4-6,8,10,12,14H,3,7,9,16-17H2,1-2H3;2*1H. The SMILES string of the molecule is CCC(N)CC(CC(C)N)c1cccc(Br)c1.Cl.Cl. The van der Waals surface area contributed by atoms with Gasteiger partial charge in [0.15, 0.2) is 0 Å². The van der Waals surface area contributed by atoms with E-state index in [1.54, 1.807) is 0 Å². The lowest BCUT2D eigenvalue weighted by Gasteiger charge is -2.22. The van der Waals surface area contributed by atoms with E-state index in [1.807, 2.05) is 6.07 Å². The number of nitrogens with two attached hydrogens (primary N) is 2. The second-order valence-corrected chi connectivity index (χ2v) is 5.78. The van der Waals surface area contributed by atoms with Crippen molar-refractivity contribution in [1.82, 2.24) is 0 Å². The van der Waals surface area contributed by atoms with Gasteiger partial charge in [-0.2, -0.15) is 0 Å². The van der Waals surface area contributed by atoms with Crippen LogP contribution in [0.15, 0.2) is 28.7 Å². The van der Waals surface area contributed by atoms with Crippen molar-refractivity contribution < 1.29 is 0 Å². The van der Waals surface area contributed by atoms with Crippen molar-refractivity contribution in [2.75, 3.05) is 0 Å². The number of hydrogen-bond donors (Lipinski definition) is 2. The quantitative estimate of drug-likeness (QED) is 0.785. The smallest absolute Gasteiger partial charge is 0.0178 e. The molecule has 0 aliphatic carbocycles. The van der Waals surface area contributed by atoms with Crippen molar-refractivity contribution in [3.05, 3.63) is 34.3 Å². The Morgan fingerprint density at radius 3 is 2.26 bits per heavy atom. The van der Waals surface area contributed by atoms with Crippen LogP contribution < -0.4 is 11.5 Å². The van der Waals surface area contributed by atoms with Crippen LogP contribution >= 0.6 is 40.7 Å². The average molecular weight is 372 g/mol. The molecule has 1 rings (SSSR count). The predicted molar refractivity (Wildman–Crippen MR) is 92.5 cm³/mol. The van der Waals surface area contributed by atoms with E-state index in [-0.39, 0.29) is 36.9 Å². The van der Waals surface area contributed by atoms with Gasteiger partial charge in [0, 0.05) is 16.6 Å². The normalized spacial score (nSPS) is 14.8. The van der Waals surface area contributed by atoms with Gasteiger partial charge in [-0.25, -0.2) is 0 Å². The van der Waals surface area contributed by atoms with Crippen LogP contribution in [-0.4, -0.2) is 12.1 Å². The molecule has 0 bridgehead atoms. The Hall–Kier alpha value is 0.200. The Morgan fingerprint density at radius 2 is 1.79 bits per heavy atom. The van der Waals surface area contributed by atoms with E-state index in [1.165, 1.54) is 5.56 Å². The molecule has 112 valence electrons. The molecular weight excluding hydrogens is 347 g/mol. The fourth-order valence-electron chi connectivity index (χ4n) is 2.11. The van der Waals surface area contributed by atoms with Crippen molar-refractivity contribution in [2.45, 2.75) is 51.1 Å². The van der Waals surface area contributed by atoms with Crippen LogP contribution in [0, 0.1) is 0 Å². The van der Waals surface area contributed by atoms with Crippen LogP contribution in [-0.2, 0) is 0 Å². The van der Waals surface area contributed by atoms with Crippen LogP contribution in [0.1, 0.15) is 44.6 Å². The van der Waals surface area contributed by atoms with E-state index in [9.17, 15) is 0 Å². The minimum Gasteiger partial charge on any atom is -0.328 e. The Kier molecular flexibility index (Phi) is 12.4. The zero-order valence-corrected chi connectivity index (χ0v) is 14.7. The maximum absolute atomic E-state index is 6.07. The lowest BCUT2D eigenvalue weighted by molar-refractivity contribution is 0.464. The number of hydrogen-bond acceptors (Lipinski definition) is 2. The maximum Gasteiger partial charge on any atom is 0.0178 e. The van der Waals surface area contributed by atoms with Gasteiger partial charge in [-0.15, -0.1) is 24.8 Å². The van der Waals surface area contributed by atoms with Crippen molar-refractivity contribution in [1.29, 1.82) is 0 Å². The van der Waals surface area contributed by atoms with Gasteiger partial charge in [-0.1, -0.05) is 35.0 Å². The Labute approximate surface area is 137 Å². The lowest BCUT2D eigenvalue weighted by Crippen LogP contribution is -2.25. The third-order valence-corrected chi connectivity index (χ3v) is 3.58. The number of halogens is 3. The van der Waals surface area contributed by atoms with Crippen LogP contribution in [0.4, 0.5) is 0 Å². The van der Waals surface area contributed by atoms with Crippen LogP contribution in [0.25, 0.3) is 0 Å². The molecule has 3 atom stereocenters. The molecule has 0 amide bonds. The van der Waals surface area contributed by atoms with Crippen LogP contribution in [0.5, 0.6) is 0 Å². The summed E-state index contributed by atoms with van der Waals surface area (Å²) in [4.78, 5) is 0. The highest BCUT2D eigenvalue weighted by molar-refractivity contribution is 9.10. The summed E-state index contributed by atoms with van der Waals surface area (Å²) in [5.74, 6) is 0.461. The molecule has 0 aliphatic rings. The summed E-state index contributed by atoms with van der Waals surface area (Å²) in [5, 5.41) is 0. The monoisotopic (exact) mass is 370 g/mol. The molecule has 0 heterocycles. The molecule has 0 aromatic heterocycles. The van der Waals surface area contributed by atoms with Crippen molar-refractivity contribution in [3.8, 4) is 0 Å². The molecule has 3 unspecified atom stereocenters. The van der Waals surface area contributed by atoms with Gasteiger partial charge >= 0.3 is 0 Å². The van der Waals surface area contributed by atoms with Gasteiger partial charge in [-0.05, 0) is 49.8 Å². The summed E-state index contributed by atoms with van der Waals surface area (Å²) < 4.78 is 1.12. The van der Waals surface area contributed by atoms with Gasteiger partial charge in [0.05, 0.1) is 0 Å². The highest BCUT2D eigenvalue weighted by atomic mass is 79.9. The largest absolute Gasteiger partial charge is 0.328 e. The molecular formula is C14H25BrCl2N2. The summed E-state index contributed by atoms with van der Waals surface area (Å²) in [7, 11) is 0. The Morgan fingerprint density at radius 1 is 1.16 bits per heavy atom. The molecule has 0 fully saturated rings. The third-order valence-electron chi connectivity index (χ3n) is 3.09. The molecule has 0 spiro atoms. The van der Waals surface area contributed by atoms with E-state index < -0.39 is 0 Å². The first-order chi connectivity index (χ1) is 8.02. The minimum atomic E-state index is 0. The first-order valence-corrected chi connectivity index (χ1v) is 7.08. The molecule has 1 aromatic carbocycles. The van der Waals surface area contributed by atoms with E-state index >= 15 is 0 Å². The lowest BCUT2D eigenvalue weighted by atomic mass is 9.87. The Balaban J connectivity index is 0. The second kappa shape index (κ2) is 10.9. The summed E-state index contributed by atoms with van der Waals surface area (Å²) in [6.45, 7) is 4.19. The molecule has 4 N–H and O–H groups in total. The van der Waals surface area contributed by atoms with Gasteiger partial charge in [0.25, 0.3) is 0 Å². The van der Waals surface area contributed by atoms with E-state index in [0.717, 1.165) is 23.7 Å². The minimum absolute atomic E-state index is 0. The molecule has 0 aliphatic heterocycles. The average Bonchev–Trinajstić information content (AvgIpc) is 2.27. The third kappa shape index (κ3) is 8.16. The maximum atomic E-state index is 6.07. The fraction of sp³-hybridized carbons (Fsp3) is 0.571. The first kappa shape index (κ1) is 21.5. The summed E-state index contributed by atoms with van der Waals surface area (Å²) in [6.07, 6.45) is 3.02. The predicted octanol–water partition coefficient (Wildman–Crippen LogP) is 4.24. The highest BCUT2D eigenvalue weighted by Crippen LogP contribution is 2.28. The Bertz CT molecular complexity index is 348. The molecule has 0 radical (unpaired) electrons. The van der Waals surface area contributed by atoms with Crippen molar-refractivity contribution in [3.63, 3.8) is 0 Å². The molecule has 19 heavy (non-hydrogen) atoms. The van der Waals surface area contributed by atoms with Gasteiger partial charge in [0.1, 0.15) is 0 Å². The topological polar surface area (TPSA) is 52.0 Å². The summed E-state index contributed by atoms with van der Waals surface area (Å²) in [5.41, 5.74) is 13.3.